The van der Waals surface area contributed by atoms with Crippen molar-refractivity contribution in [2.45, 2.75) is 13.5 Å². The van der Waals surface area contributed by atoms with Gasteiger partial charge < -0.3 is 10.6 Å². The molecule has 4 nitrogen and oxygen atoms in total. The van der Waals surface area contributed by atoms with E-state index in [0.717, 1.165) is 15.9 Å². The molecule has 0 aliphatic heterocycles. The predicted octanol–water partition coefficient (Wildman–Crippen LogP) is 3.92. The lowest BCUT2D eigenvalue weighted by molar-refractivity contribution is 0.0951. The molecule has 106 valence electrons. The Balaban J connectivity index is 2.04. The predicted molar refractivity (Wildman–Crippen MR) is 86.6 cm³/mol. The molecule has 2 rings (SSSR count). The number of rotatable bonds is 5. The summed E-state index contributed by atoms with van der Waals surface area (Å²) in [6.45, 7) is 3.17. The van der Waals surface area contributed by atoms with Crippen LogP contribution in [-0.2, 0) is 6.54 Å². The highest BCUT2D eigenvalue weighted by Gasteiger charge is 2.09. The molecule has 0 bridgehead atoms. The smallest absolute Gasteiger partial charge is 0.251 e. The monoisotopic (exact) mass is 373 g/mol. The van der Waals surface area contributed by atoms with Crippen LogP contribution in [0.1, 0.15) is 22.2 Å². The van der Waals surface area contributed by atoms with Crippen molar-refractivity contribution >= 4 is 50.6 Å². The molecule has 0 unspecified atom stereocenters. The van der Waals surface area contributed by atoms with Gasteiger partial charge in [-0.15, -0.1) is 11.3 Å². The molecule has 2 aromatic rings. The number of nitrogens with one attached hydrogen (secondary N) is 2. The molecule has 0 atom stereocenters. The van der Waals surface area contributed by atoms with E-state index in [1.807, 2.05) is 18.4 Å². The highest BCUT2D eigenvalue weighted by molar-refractivity contribution is 9.10. The average molecular weight is 375 g/mol. The number of carbonyl (C=O) groups excluding carboxylic acids is 1. The summed E-state index contributed by atoms with van der Waals surface area (Å²) in [5.41, 5.74) is 0.497. The van der Waals surface area contributed by atoms with Gasteiger partial charge in [0.1, 0.15) is 11.0 Å². The normalized spacial score (nSPS) is 10.3. The number of nitrogens with zero attached hydrogens (tertiary/aromatic N) is 1. The fraction of sp³-hybridized carbons (Fsp3) is 0.231. The van der Waals surface area contributed by atoms with E-state index >= 15 is 0 Å². The van der Waals surface area contributed by atoms with Gasteiger partial charge >= 0.3 is 0 Å². The lowest BCUT2D eigenvalue weighted by Crippen LogP contribution is -2.22. The number of halogens is 2. The Hall–Kier alpha value is -1.11. The van der Waals surface area contributed by atoms with Gasteiger partial charge in [-0.1, -0.05) is 11.6 Å². The molecular weight excluding hydrogens is 362 g/mol. The van der Waals surface area contributed by atoms with Gasteiger partial charge in [0.25, 0.3) is 5.91 Å². The van der Waals surface area contributed by atoms with E-state index in [9.17, 15) is 4.79 Å². The van der Waals surface area contributed by atoms with Crippen molar-refractivity contribution in [3.05, 3.63) is 43.6 Å². The zero-order chi connectivity index (χ0) is 14.5. The first-order chi connectivity index (χ1) is 9.58. The largest absolute Gasteiger partial charge is 0.370 e. The van der Waals surface area contributed by atoms with Crippen molar-refractivity contribution in [3.63, 3.8) is 0 Å². The van der Waals surface area contributed by atoms with Gasteiger partial charge in [0.15, 0.2) is 0 Å². The number of thiophene rings is 1. The molecule has 0 aliphatic rings. The minimum absolute atomic E-state index is 0.169. The maximum atomic E-state index is 12.1. The fourth-order valence-corrected chi connectivity index (χ4v) is 3.21. The average Bonchev–Trinajstić information content (AvgIpc) is 2.81. The van der Waals surface area contributed by atoms with Gasteiger partial charge in [-0.3, -0.25) is 4.79 Å². The van der Waals surface area contributed by atoms with Crippen LogP contribution in [0.4, 0.5) is 5.82 Å². The first kappa shape index (κ1) is 15.3. The van der Waals surface area contributed by atoms with E-state index in [-0.39, 0.29) is 5.91 Å². The summed E-state index contributed by atoms with van der Waals surface area (Å²) < 4.78 is 1.02. The highest BCUT2D eigenvalue weighted by atomic mass is 79.9. The van der Waals surface area contributed by atoms with Crippen LogP contribution in [-0.4, -0.2) is 17.4 Å². The molecule has 1 amide bonds. The lowest BCUT2D eigenvalue weighted by Gasteiger charge is -2.07. The summed E-state index contributed by atoms with van der Waals surface area (Å²) in [6.07, 6.45) is 0. The summed E-state index contributed by atoms with van der Waals surface area (Å²) in [4.78, 5) is 17.3. The van der Waals surface area contributed by atoms with E-state index < -0.39 is 0 Å². The summed E-state index contributed by atoms with van der Waals surface area (Å²) in [5.74, 6) is 0.432. The van der Waals surface area contributed by atoms with E-state index in [4.69, 9.17) is 11.6 Å². The van der Waals surface area contributed by atoms with Crippen LogP contribution >= 0.6 is 38.9 Å². The molecule has 0 fully saturated rings. The Morgan fingerprint density at radius 3 is 2.90 bits per heavy atom. The summed E-state index contributed by atoms with van der Waals surface area (Å²) >= 11 is 10.9. The van der Waals surface area contributed by atoms with Crippen LogP contribution in [0.3, 0.4) is 0 Å². The summed E-state index contributed by atoms with van der Waals surface area (Å²) in [7, 11) is 0. The summed E-state index contributed by atoms with van der Waals surface area (Å²) in [6, 6.07) is 5.23. The summed E-state index contributed by atoms with van der Waals surface area (Å²) in [5, 5.41) is 8.18. The van der Waals surface area contributed by atoms with Crippen LogP contribution in [0.5, 0.6) is 0 Å². The molecule has 0 saturated carbocycles. The van der Waals surface area contributed by atoms with Crippen LogP contribution < -0.4 is 10.6 Å². The topological polar surface area (TPSA) is 54.0 Å². The molecule has 2 N–H and O–H groups in total. The van der Waals surface area contributed by atoms with Gasteiger partial charge in [-0.25, -0.2) is 4.98 Å². The number of pyridine rings is 1. The molecule has 20 heavy (non-hydrogen) atoms. The Morgan fingerprint density at radius 1 is 1.45 bits per heavy atom. The third-order valence-electron chi connectivity index (χ3n) is 2.46. The lowest BCUT2D eigenvalue weighted by atomic mass is 10.2. The molecule has 0 spiro atoms. The van der Waals surface area contributed by atoms with Crippen molar-refractivity contribution in [2.75, 3.05) is 11.9 Å². The second-order valence-electron chi connectivity index (χ2n) is 4.01. The third-order valence-corrected chi connectivity index (χ3v) is 4.35. The highest BCUT2D eigenvalue weighted by Crippen LogP contribution is 2.20. The first-order valence-corrected chi connectivity index (χ1v) is 8.06. The fourth-order valence-electron chi connectivity index (χ4n) is 1.62. The number of hydrogen-bond donors (Lipinski definition) is 2. The van der Waals surface area contributed by atoms with E-state index in [1.54, 1.807) is 23.5 Å². The van der Waals surface area contributed by atoms with Gasteiger partial charge in [-0.05, 0) is 41.1 Å². The van der Waals surface area contributed by atoms with Crippen molar-refractivity contribution in [2.24, 2.45) is 0 Å². The van der Waals surface area contributed by atoms with Crippen molar-refractivity contribution in [3.8, 4) is 0 Å². The standard InChI is InChI=1S/C13H13BrClN3OS/c1-2-16-12-4-8(3-11(15)18-12)13(19)17-6-10-5-9(14)7-20-10/h3-5,7H,2,6H2,1H3,(H,16,18)(H,17,19). The van der Waals surface area contributed by atoms with Crippen LogP contribution in [0.15, 0.2) is 28.1 Å². The number of anilines is 1. The van der Waals surface area contributed by atoms with Gasteiger partial charge in [0.05, 0.1) is 6.54 Å². The van der Waals surface area contributed by atoms with Crippen LogP contribution in [0.25, 0.3) is 0 Å². The van der Waals surface area contributed by atoms with Crippen molar-refractivity contribution in [1.29, 1.82) is 0 Å². The van der Waals surface area contributed by atoms with Gasteiger partial charge in [-0.2, -0.15) is 0 Å². The van der Waals surface area contributed by atoms with Crippen molar-refractivity contribution < 1.29 is 4.79 Å². The molecule has 2 aromatic heterocycles. The number of hydrogen-bond acceptors (Lipinski definition) is 4. The number of aromatic nitrogens is 1. The maximum absolute atomic E-state index is 12.1. The Bertz CT molecular complexity index is 617. The first-order valence-electron chi connectivity index (χ1n) is 6.01. The second-order valence-corrected chi connectivity index (χ2v) is 6.31. The molecular formula is C13H13BrClN3OS. The van der Waals surface area contributed by atoms with Crippen LogP contribution in [0.2, 0.25) is 5.15 Å². The molecule has 0 aliphatic carbocycles. The molecule has 0 aromatic carbocycles. The van der Waals surface area contributed by atoms with Crippen LogP contribution in [0, 0.1) is 0 Å². The van der Waals surface area contributed by atoms with E-state index in [0.29, 0.717) is 23.1 Å². The van der Waals surface area contributed by atoms with E-state index in [1.165, 1.54) is 0 Å². The third kappa shape index (κ3) is 4.19. The Kier molecular flexibility index (Phi) is 5.39. The van der Waals surface area contributed by atoms with E-state index in [2.05, 4.69) is 31.5 Å². The number of carbonyl (C=O) groups is 1. The molecule has 0 saturated heterocycles. The minimum atomic E-state index is -0.169. The quantitative estimate of drug-likeness (QED) is 0.780. The molecule has 2 heterocycles. The SMILES string of the molecule is CCNc1cc(C(=O)NCc2cc(Br)cs2)cc(Cl)n1. The molecule has 0 radical (unpaired) electrons. The second kappa shape index (κ2) is 7.06. The van der Waals surface area contributed by atoms with Crippen molar-refractivity contribution in [1.82, 2.24) is 10.3 Å². The Labute approximate surface area is 134 Å². The maximum Gasteiger partial charge on any atom is 0.251 e. The zero-order valence-electron chi connectivity index (χ0n) is 10.7. The number of amides is 1. The Morgan fingerprint density at radius 2 is 2.25 bits per heavy atom. The zero-order valence-corrected chi connectivity index (χ0v) is 13.9. The minimum Gasteiger partial charge on any atom is -0.370 e. The van der Waals surface area contributed by atoms with Gasteiger partial charge in [0, 0.05) is 26.8 Å². The van der Waals surface area contributed by atoms with Gasteiger partial charge in [0.2, 0.25) is 0 Å². The molecule has 7 heteroatoms.